The van der Waals surface area contributed by atoms with Crippen LogP contribution in [0.25, 0.3) is 0 Å². The highest BCUT2D eigenvalue weighted by Gasteiger charge is 2.44. The average molecular weight is 841 g/mol. The molecule has 2 heterocycles. The number of aliphatic carboxylic acids is 1. The number of aliphatic imine (C=N–C) groups is 1. The van der Waals surface area contributed by atoms with Gasteiger partial charge in [0.1, 0.15) is 42.8 Å². The fraction of sp³-hybridized carbons (Fsp3) is 0.714. The van der Waals surface area contributed by atoms with E-state index in [1.807, 2.05) is 13.8 Å². The van der Waals surface area contributed by atoms with Crippen molar-refractivity contribution < 1.29 is 58.5 Å². The molecular formula is C35H60N12O12. The van der Waals surface area contributed by atoms with E-state index in [4.69, 9.17) is 22.3 Å². The monoisotopic (exact) mass is 840 g/mol. The number of carboxylic acid groups (broad SMARTS) is 1. The van der Waals surface area contributed by atoms with Gasteiger partial charge >= 0.3 is 5.97 Å². The maximum atomic E-state index is 13.7. The summed E-state index contributed by atoms with van der Waals surface area (Å²) in [5.74, 6) is -7.67. The van der Waals surface area contributed by atoms with E-state index in [2.05, 4.69) is 36.9 Å². The van der Waals surface area contributed by atoms with Gasteiger partial charge in [0.05, 0.1) is 25.8 Å². The third kappa shape index (κ3) is 15.9. The summed E-state index contributed by atoms with van der Waals surface area (Å²) in [6.45, 7) is 2.26. The fourth-order valence-electron chi connectivity index (χ4n) is 6.50. The van der Waals surface area contributed by atoms with Crippen molar-refractivity contribution in [1.29, 1.82) is 0 Å². The summed E-state index contributed by atoms with van der Waals surface area (Å²) >= 11 is 0. The second kappa shape index (κ2) is 24.3. The molecule has 0 aromatic rings. The predicted molar refractivity (Wildman–Crippen MR) is 208 cm³/mol. The number of nitrogens with zero attached hydrogens (tertiary/aromatic N) is 3. The standard InChI is InChI=1S/C35H60N12O12/c1-18(2)13-21(44-28(53)19(3)36)29(54)40-14-26(50)42-22(16-48)31(56)43-20(7-4-10-39-35(37)38)30(55)45-23(17-49)33(58)47-12-6-9-25(47)34(59)46-11-5-8-24(46)32(57)41-15-27(51)52/h18-25,48-49H,4-17,36H2,1-3H3,(H,40,54)(H,41,57)(H,42,50)(H,43,56)(H,44,53)(H,45,55)(H,51,52)(H4,37,38,39)/t19-,20-,21-,22-,23-,24-,25-/m0/s1. The first kappa shape index (κ1) is 49.5. The first-order valence-electron chi connectivity index (χ1n) is 19.4. The molecule has 59 heavy (non-hydrogen) atoms. The van der Waals surface area contributed by atoms with Gasteiger partial charge < -0.3 is 74.2 Å². The number of aliphatic hydroxyl groups is 2. The van der Waals surface area contributed by atoms with Crippen LogP contribution in [-0.2, 0) is 43.2 Å². The van der Waals surface area contributed by atoms with Crippen LogP contribution >= 0.6 is 0 Å². The van der Waals surface area contributed by atoms with E-state index in [9.17, 15) is 53.4 Å². The van der Waals surface area contributed by atoms with Gasteiger partial charge in [0.15, 0.2) is 5.96 Å². The largest absolute Gasteiger partial charge is 0.480 e. The Kier molecular flexibility index (Phi) is 20.4. The van der Waals surface area contributed by atoms with Crippen molar-refractivity contribution in [2.45, 2.75) is 108 Å². The molecule has 15 N–H and O–H groups in total. The lowest BCUT2D eigenvalue weighted by atomic mass is 10.0. The molecule has 0 aliphatic carbocycles. The third-order valence-electron chi connectivity index (χ3n) is 9.46. The lowest BCUT2D eigenvalue weighted by Crippen LogP contribution is -2.60. The van der Waals surface area contributed by atoms with Crippen molar-refractivity contribution in [3.05, 3.63) is 0 Å². The summed E-state index contributed by atoms with van der Waals surface area (Å²) in [6.07, 6.45) is 1.59. The second-order valence-corrected chi connectivity index (χ2v) is 14.7. The van der Waals surface area contributed by atoms with E-state index in [0.29, 0.717) is 12.8 Å². The molecule has 0 saturated carbocycles. The minimum absolute atomic E-state index is 0.0183. The molecule has 2 aliphatic heterocycles. The molecule has 2 fully saturated rings. The van der Waals surface area contributed by atoms with E-state index < -0.39 is 122 Å². The molecule has 24 heteroatoms. The third-order valence-corrected chi connectivity index (χ3v) is 9.46. The summed E-state index contributed by atoms with van der Waals surface area (Å²) in [5.41, 5.74) is 16.4. The molecule has 0 spiro atoms. The number of rotatable bonds is 23. The van der Waals surface area contributed by atoms with Crippen LogP contribution in [0.1, 0.15) is 65.7 Å². The number of nitrogens with two attached hydrogens (primary N) is 3. The van der Waals surface area contributed by atoms with Crippen LogP contribution in [0, 0.1) is 5.92 Å². The molecule has 0 radical (unpaired) electrons. The van der Waals surface area contributed by atoms with E-state index >= 15 is 0 Å². The molecule has 7 atom stereocenters. The number of amides is 8. The number of hydrogen-bond donors (Lipinski definition) is 12. The highest BCUT2D eigenvalue weighted by molar-refractivity contribution is 5.98. The molecule has 0 aromatic carbocycles. The molecule has 24 nitrogen and oxygen atoms in total. The van der Waals surface area contributed by atoms with Crippen molar-refractivity contribution in [2.75, 3.05) is 45.9 Å². The number of nitrogens with one attached hydrogen (secondary N) is 6. The molecule has 2 rings (SSSR count). The summed E-state index contributed by atoms with van der Waals surface area (Å²) in [4.78, 5) is 122. The highest BCUT2D eigenvalue weighted by Crippen LogP contribution is 2.25. The van der Waals surface area contributed by atoms with Gasteiger partial charge in [-0.25, -0.2) is 0 Å². The SMILES string of the molecule is CC(C)C[C@H](NC(=O)[C@H](C)N)C(=O)NCC(=O)N[C@@H](CO)C(=O)N[C@@H](CCCN=C(N)N)C(=O)N[C@@H](CO)C(=O)N1CCC[C@H]1C(=O)N1CCC[C@H]1C(=O)NCC(=O)O. The van der Waals surface area contributed by atoms with Crippen molar-refractivity contribution in [3.8, 4) is 0 Å². The highest BCUT2D eigenvalue weighted by atomic mass is 16.4. The van der Waals surface area contributed by atoms with Gasteiger partial charge in [-0.1, -0.05) is 13.8 Å². The number of carboxylic acids is 1. The molecule has 8 amide bonds. The number of hydrogen-bond acceptors (Lipinski definition) is 13. The van der Waals surface area contributed by atoms with E-state index in [1.165, 1.54) is 16.7 Å². The Bertz CT molecular complexity index is 1560. The Hall–Kier alpha value is -5.62. The molecular weight excluding hydrogens is 780 g/mol. The average Bonchev–Trinajstić information content (AvgIpc) is 3.88. The number of carbonyl (C=O) groups is 9. The molecule has 332 valence electrons. The van der Waals surface area contributed by atoms with E-state index in [-0.39, 0.29) is 63.6 Å². The van der Waals surface area contributed by atoms with Crippen molar-refractivity contribution in [1.82, 2.24) is 41.7 Å². The normalized spacial score (nSPS) is 18.7. The van der Waals surface area contributed by atoms with Crippen LogP contribution in [0.3, 0.4) is 0 Å². The fourth-order valence-corrected chi connectivity index (χ4v) is 6.50. The minimum Gasteiger partial charge on any atom is -0.480 e. The Morgan fingerprint density at radius 1 is 0.712 bits per heavy atom. The number of carbonyl (C=O) groups excluding carboxylic acids is 8. The number of guanidine groups is 1. The zero-order chi connectivity index (χ0) is 44.4. The smallest absolute Gasteiger partial charge is 0.322 e. The molecule has 2 saturated heterocycles. The first-order chi connectivity index (χ1) is 27.8. The van der Waals surface area contributed by atoms with Gasteiger partial charge in [0.2, 0.25) is 47.3 Å². The molecule has 0 bridgehead atoms. The van der Waals surface area contributed by atoms with Gasteiger partial charge in [-0.15, -0.1) is 0 Å². The number of aliphatic hydroxyl groups excluding tert-OH is 2. The summed E-state index contributed by atoms with van der Waals surface area (Å²) in [7, 11) is 0. The van der Waals surface area contributed by atoms with E-state index in [1.54, 1.807) is 0 Å². The van der Waals surface area contributed by atoms with E-state index in [0.717, 1.165) is 0 Å². The topological polar surface area (TPSA) is 383 Å². The Balaban J connectivity index is 2.15. The second-order valence-electron chi connectivity index (χ2n) is 14.7. The van der Waals surface area contributed by atoms with Crippen LogP contribution in [0.2, 0.25) is 0 Å². The first-order valence-corrected chi connectivity index (χ1v) is 19.4. The van der Waals surface area contributed by atoms with Crippen molar-refractivity contribution in [2.24, 2.45) is 28.1 Å². The number of likely N-dealkylation sites (tertiary alicyclic amines) is 2. The summed E-state index contributed by atoms with van der Waals surface area (Å²) < 4.78 is 0. The molecule has 0 aromatic heterocycles. The Labute approximate surface area is 341 Å². The zero-order valence-electron chi connectivity index (χ0n) is 33.6. The maximum absolute atomic E-state index is 13.7. The zero-order valence-corrected chi connectivity index (χ0v) is 33.6. The predicted octanol–water partition coefficient (Wildman–Crippen LogP) is -6.34. The molecule has 0 unspecified atom stereocenters. The van der Waals surface area contributed by atoms with Crippen LogP contribution in [-0.4, -0.2) is 173 Å². The Morgan fingerprint density at radius 2 is 1.29 bits per heavy atom. The lowest BCUT2D eigenvalue weighted by molar-refractivity contribution is -0.148. The van der Waals surface area contributed by atoms with Crippen LogP contribution in [0.15, 0.2) is 4.99 Å². The lowest BCUT2D eigenvalue weighted by Gasteiger charge is -2.33. The van der Waals surface area contributed by atoms with Gasteiger partial charge in [0, 0.05) is 19.6 Å². The maximum Gasteiger partial charge on any atom is 0.322 e. The summed E-state index contributed by atoms with van der Waals surface area (Å²) in [5, 5.41) is 43.4. The van der Waals surface area contributed by atoms with Gasteiger partial charge in [0.25, 0.3) is 0 Å². The van der Waals surface area contributed by atoms with Crippen molar-refractivity contribution in [3.63, 3.8) is 0 Å². The van der Waals surface area contributed by atoms with Crippen LogP contribution in [0.4, 0.5) is 0 Å². The van der Waals surface area contributed by atoms with Gasteiger partial charge in [-0.2, -0.15) is 0 Å². The van der Waals surface area contributed by atoms with Crippen molar-refractivity contribution >= 4 is 59.2 Å². The molecule has 2 aliphatic rings. The quantitative estimate of drug-likeness (QED) is 0.0259. The van der Waals surface area contributed by atoms with Gasteiger partial charge in [-0.05, 0) is 57.8 Å². The van der Waals surface area contributed by atoms with Gasteiger partial charge in [-0.3, -0.25) is 48.1 Å². The van der Waals surface area contributed by atoms with Crippen LogP contribution in [0.5, 0.6) is 0 Å². The Morgan fingerprint density at radius 3 is 1.86 bits per heavy atom. The van der Waals surface area contributed by atoms with Crippen LogP contribution < -0.4 is 49.1 Å². The minimum atomic E-state index is -1.62. The summed E-state index contributed by atoms with van der Waals surface area (Å²) in [6, 6.07) is -8.52.